The molecule has 162 valence electrons. The summed E-state index contributed by atoms with van der Waals surface area (Å²) in [6.45, 7) is 4.21. The normalized spacial score (nSPS) is 11.0. The molecule has 0 unspecified atom stereocenters. The molecule has 0 radical (unpaired) electrons. The summed E-state index contributed by atoms with van der Waals surface area (Å²) in [7, 11) is 0. The number of nitrogens with zero attached hydrogens (tertiary/aromatic N) is 3. The van der Waals surface area contributed by atoms with Gasteiger partial charge in [0.1, 0.15) is 0 Å². The number of hydrogen-bond donors (Lipinski definition) is 2. The average molecular weight is 428 g/mol. The lowest BCUT2D eigenvalue weighted by Crippen LogP contribution is -2.25. The summed E-state index contributed by atoms with van der Waals surface area (Å²) in [6.07, 6.45) is 0.786. The van der Waals surface area contributed by atoms with Crippen molar-refractivity contribution in [2.24, 2.45) is 5.92 Å². The number of anilines is 1. The highest BCUT2D eigenvalue weighted by Crippen LogP contribution is 2.21. The molecule has 0 aliphatic rings. The molecule has 2 amide bonds. The van der Waals surface area contributed by atoms with E-state index in [1.54, 1.807) is 16.6 Å². The molecule has 4 aromatic rings. The first-order valence-corrected chi connectivity index (χ1v) is 10.6. The molecule has 2 N–H and O–H groups in total. The number of carbonyl (C=O) groups excluding carboxylic acids is 2. The van der Waals surface area contributed by atoms with Crippen molar-refractivity contribution >= 4 is 23.4 Å². The fraction of sp³-hybridized carbons (Fsp3) is 0.200. The second kappa shape index (κ2) is 9.43. The molecular weight excluding hydrogens is 402 g/mol. The van der Waals surface area contributed by atoms with Gasteiger partial charge in [-0.2, -0.15) is 4.98 Å². The quantitative estimate of drug-likeness (QED) is 0.467. The lowest BCUT2D eigenvalue weighted by Gasteiger charge is -2.08. The van der Waals surface area contributed by atoms with Crippen molar-refractivity contribution in [3.63, 3.8) is 0 Å². The molecule has 7 heteroatoms. The van der Waals surface area contributed by atoms with Crippen molar-refractivity contribution in [3.05, 3.63) is 83.9 Å². The minimum absolute atomic E-state index is 0.106. The van der Waals surface area contributed by atoms with Gasteiger partial charge in [-0.15, -0.1) is 5.10 Å². The third-order valence-electron chi connectivity index (χ3n) is 5.10. The Balaban J connectivity index is 1.46. The highest BCUT2D eigenvalue weighted by molar-refractivity contribution is 5.94. The van der Waals surface area contributed by atoms with Crippen LogP contribution in [0.15, 0.2) is 72.8 Å². The van der Waals surface area contributed by atoms with E-state index in [1.807, 2.05) is 74.5 Å². The van der Waals surface area contributed by atoms with Crippen LogP contribution in [0.2, 0.25) is 0 Å². The van der Waals surface area contributed by atoms with Gasteiger partial charge in [-0.3, -0.25) is 14.9 Å². The first kappa shape index (κ1) is 21.2. The van der Waals surface area contributed by atoms with Crippen LogP contribution in [0.5, 0.6) is 0 Å². The highest BCUT2D eigenvalue weighted by Gasteiger charge is 2.13. The Labute approximate surface area is 186 Å². The molecule has 0 atom stereocenters. The SMILES string of the molecule is CC(C)C(=O)Nc1nc2cccc(-c3ccc(C(=O)NCCc4ccccc4)cc3)n2n1. The van der Waals surface area contributed by atoms with Gasteiger partial charge in [0, 0.05) is 23.6 Å². The number of fused-ring (bicyclic) bond motifs is 1. The third kappa shape index (κ3) is 4.83. The Morgan fingerprint density at radius 2 is 1.69 bits per heavy atom. The average Bonchev–Trinajstić information content (AvgIpc) is 3.22. The van der Waals surface area contributed by atoms with Gasteiger partial charge in [-0.1, -0.05) is 62.4 Å². The first-order valence-electron chi connectivity index (χ1n) is 10.6. The predicted molar refractivity (Wildman–Crippen MR) is 124 cm³/mol. The first-order chi connectivity index (χ1) is 15.5. The Hall–Kier alpha value is -4.00. The van der Waals surface area contributed by atoms with Crippen molar-refractivity contribution in [2.75, 3.05) is 11.9 Å². The largest absolute Gasteiger partial charge is 0.352 e. The number of rotatable bonds is 7. The second-order valence-corrected chi connectivity index (χ2v) is 7.83. The van der Waals surface area contributed by atoms with E-state index in [9.17, 15) is 9.59 Å². The van der Waals surface area contributed by atoms with Crippen molar-refractivity contribution in [1.29, 1.82) is 0 Å². The van der Waals surface area contributed by atoms with Crippen molar-refractivity contribution in [1.82, 2.24) is 19.9 Å². The molecule has 2 heterocycles. The van der Waals surface area contributed by atoms with Gasteiger partial charge in [0.15, 0.2) is 5.65 Å². The molecule has 7 nitrogen and oxygen atoms in total. The van der Waals surface area contributed by atoms with E-state index in [1.165, 1.54) is 5.56 Å². The maximum atomic E-state index is 12.5. The van der Waals surface area contributed by atoms with Gasteiger partial charge in [0.25, 0.3) is 5.91 Å². The molecule has 2 aromatic heterocycles. The summed E-state index contributed by atoms with van der Waals surface area (Å²) in [5, 5.41) is 10.1. The number of nitrogens with one attached hydrogen (secondary N) is 2. The molecule has 0 fully saturated rings. The number of aromatic nitrogens is 3. The molecule has 32 heavy (non-hydrogen) atoms. The summed E-state index contributed by atoms with van der Waals surface area (Å²) in [5.74, 6) is -0.131. The van der Waals surface area contributed by atoms with Crippen molar-refractivity contribution in [3.8, 4) is 11.3 Å². The predicted octanol–water partition coefficient (Wildman–Crippen LogP) is 3.96. The molecular formula is C25H25N5O2. The van der Waals surface area contributed by atoms with Gasteiger partial charge in [0.2, 0.25) is 11.9 Å². The monoisotopic (exact) mass is 427 g/mol. The lowest BCUT2D eigenvalue weighted by molar-refractivity contribution is -0.118. The summed E-state index contributed by atoms with van der Waals surface area (Å²) in [4.78, 5) is 28.8. The lowest BCUT2D eigenvalue weighted by atomic mass is 10.1. The van der Waals surface area contributed by atoms with E-state index >= 15 is 0 Å². The fourth-order valence-corrected chi connectivity index (χ4v) is 3.29. The zero-order valence-electron chi connectivity index (χ0n) is 18.1. The van der Waals surface area contributed by atoms with Crippen LogP contribution in [0.25, 0.3) is 16.9 Å². The molecule has 0 saturated carbocycles. The summed E-state index contributed by atoms with van der Waals surface area (Å²) in [5.41, 5.74) is 4.12. The maximum Gasteiger partial charge on any atom is 0.251 e. The van der Waals surface area contributed by atoms with E-state index in [2.05, 4.69) is 20.7 Å². The molecule has 0 bridgehead atoms. The number of benzene rings is 2. The topological polar surface area (TPSA) is 88.4 Å². The minimum atomic E-state index is -0.160. The zero-order valence-corrected chi connectivity index (χ0v) is 18.1. The van der Waals surface area contributed by atoms with Gasteiger partial charge in [-0.05, 0) is 36.2 Å². The third-order valence-corrected chi connectivity index (χ3v) is 5.10. The minimum Gasteiger partial charge on any atom is -0.352 e. The molecule has 0 aliphatic carbocycles. The maximum absolute atomic E-state index is 12.5. The summed E-state index contributed by atoms with van der Waals surface area (Å²) < 4.78 is 1.69. The smallest absolute Gasteiger partial charge is 0.251 e. The van der Waals surface area contributed by atoms with Crippen LogP contribution in [0.1, 0.15) is 29.8 Å². The number of amides is 2. The van der Waals surface area contributed by atoms with E-state index in [-0.39, 0.29) is 23.7 Å². The Kier molecular flexibility index (Phi) is 6.26. The van der Waals surface area contributed by atoms with Crippen LogP contribution < -0.4 is 10.6 Å². The van der Waals surface area contributed by atoms with E-state index < -0.39 is 0 Å². The van der Waals surface area contributed by atoms with Crippen molar-refractivity contribution < 1.29 is 9.59 Å². The summed E-state index contributed by atoms with van der Waals surface area (Å²) in [6, 6.07) is 23.1. The van der Waals surface area contributed by atoms with Gasteiger partial charge < -0.3 is 5.32 Å². The molecule has 4 rings (SSSR count). The van der Waals surface area contributed by atoms with Gasteiger partial charge in [-0.25, -0.2) is 4.52 Å². The standard InChI is InChI=1S/C25H25N5O2/c1-17(2)23(31)28-25-27-22-10-6-9-21(30(22)29-25)19-11-13-20(14-12-19)24(32)26-16-15-18-7-4-3-5-8-18/h3-14,17H,15-16H2,1-2H3,(H,26,32)(H,28,29,31). The van der Waals surface area contributed by atoms with E-state index in [0.717, 1.165) is 17.7 Å². The van der Waals surface area contributed by atoms with E-state index in [0.29, 0.717) is 17.8 Å². The van der Waals surface area contributed by atoms with Crippen LogP contribution in [0, 0.1) is 5.92 Å². The van der Waals surface area contributed by atoms with Crippen molar-refractivity contribution in [2.45, 2.75) is 20.3 Å². The Morgan fingerprint density at radius 3 is 2.41 bits per heavy atom. The number of carbonyl (C=O) groups is 2. The van der Waals surface area contributed by atoms with E-state index in [4.69, 9.17) is 0 Å². The van der Waals surface area contributed by atoms with Crippen LogP contribution in [-0.2, 0) is 11.2 Å². The zero-order chi connectivity index (χ0) is 22.5. The van der Waals surface area contributed by atoms with Gasteiger partial charge >= 0.3 is 0 Å². The Morgan fingerprint density at radius 1 is 0.938 bits per heavy atom. The van der Waals surface area contributed by atoms with Crippen LogP contribution >= 0.6 is 0 Å². The Bertz CT molecular complexity index is 1230. The fourth-order valence-electron chi connectivity index (χ4n) is 3.29. The molecule has 0 spiro atoms. The van der Waals surface area contributed by atoms with Crippen LogP contribution in [-0.4, -0.2) is 33.0 Å². The van der Waals surface area contributed by atoms with Gasteiger partial charge in [0.05, 0.1) is 5.69 Å². The highest BCUT2D eigenvalue weighted by atomic mass is 16.2. The second-order valence-electron chi connectivity index (χ2n) is 7.83. The summed E-state index contributed by atoms with van der Waals surface area (Å²) >= 11 is 0. The molecule has 2 aromatic carbocycles. The van der Waals surface area contributed by atoms with Crippen LogP contribution in [0.3, 0.4) is 0 Å². The van der Waals surface area contributed by atoms with Crippen LogP contribution in [0.4, 0.5) is 5.95 Å². The number of pyridine rings is 1. The molecule has 0 aliphatic heterocycles. The molecule has 0 saturated heterocycles. The number of hydrogen-bond acceptors (Lipinski definition) is 4.